The zero-order valence-electron chi connectivity index (χ0n) is 11.0. The summed E-state index contributed by atoms with van der Waals surface area (Å²) in [6.07, 6.45) is 1.52. The molecular weight excluding hydrogens is 260 g/mol. The lowest BCUT2D eigenvalue weighted by atomic mass is 9.87. The third kappa shape index (κ3) is 2.08. The van der Waals surface area contributed by atoms with E-state index in [0.29, 0.717) is 17.4 Å². The van der Waals surface area contributed by atoms with E-state index in [9.17, 15) is 4.79 Å². The van der Waals surface area contributed by atoms with Crippen LogP contribution >= 0.6 is 11.6 Å². The summed E-state index contributed by atoms with van der Waals surface area (Å²) in [4.78, 5) is 12.1. The summed E-state index contributed by atoms with van der Waals surface area (Å²) in [5.41, 5.74) is 3.62. The molecule has 3 rings (SSSR count). The third-order valence-electron chi connectivity index (χ3n) is 3.58. The van der Waals surface area contributed by atoms with Gasteiger partial charge in [0.2, 0.25) is 0 Å². The highest BCUT2D eigenvalue weighted by Crippen LogP contribution is 2.29. The standard InChI is InChI=1S/C15H15ClN2O/c1-9-7-13-15(14(19)8-9)10(2)17-18(13)12-5-3-11(16)4-6-12/h3-6,9H,7-8H2,1-2H3/t9-/m0/s1. The van der Waals surface area contributed by atoms with Gasteiger partial charge < -0.3 is 0 Å². The van der Waals surface area contributed by atoms with Gasteiger partial charge in [0.1, 0.15) is 0 Å². The Morgan fingerprint density at radius 2 is 1.95 bits per heavy atom. The fraction of sp³-hybridized carbons (Fsp3) is 0.333. The Bertz CT molecular complexity index is 643. The van der Waals surface area contributed by atoms with Crippen LogP contribution in [-0.2, 0) is 6.42 Å². The lowest BCUT2D eigenvalue weighted by molar-refractivity contribution is 0.0952. The summed E-state index contributed by atoms with van der Waals surface area (Å²) >= 11 is 5.91. The van der Waals surface area contributed by atoms with E-state index in [-0.39, 0.29) is 5.78 Å². The van der Waals surface area contributed by atoms with Crippen molar-refractivity contribution >= 4 is 17.4 Å². The fourth-order valence-electron chi connectivity index (χ4n) is 2.74. The van der Waals surface area contributed by atoms with Crippen molar-refractivity contribution in [1.29, 1.82) is 0 Å². The van der Waals surface area contributed by atoms with Crippen LogP contribution in [-0.4, -0.2) is 15.6 Å². The van der Waals surface area contributed by atoms with Crippen molar-refractivity contribution in [2.45, 2.75) is 26.7 Å². The Hall–Kier alpha value is -1.61. The van der Waals surface area contributed by atoms with E-state index in [2.05, 4.69) is 12.0 Å². The number of nitrogens with zero attached hydrogens (tertiary/aromatic N) is 2. The molecule has 1 aliphatic rings. The van der Waals surface area contributed by atoms with E-state index in [4.69, 9.17) is 11.6 Å². The minimum absolute atomic E-state index is 0.214. The fourth-order valence-corrected chi connectivity index (χ4v) is 2.87. The van der Waals surface area contributed by atoms with Gasteiger partial charge in [-0.3, -0.25) is 4.79 Å². The number of Topliss-reactive ketones (excluding diaryl/α,β-unsaturated/α-hetero) is 1. The Morgan fingerprint density at radius 1 is 1.26 bits per heavy atom. The second-order valence-corrected chi connectivity index (χ2v) is 5.67. The highest BCUT2D eigenvalue weighted by Gasteiger charge is 2.29. The maximum absolute atomic E-state index is 12.1. The molecule has 2 aromatic rings. The van der Waals surface area contributed by atoms with Crippen molar-refractivity contribution in [2.75, 3.05) is 0 Å². The van der Waals surface area contributed by atoms with Gasteiger partial charge in [-0.15, -0.1) is 0 Å². The average Bonchev–Trinajstić information content (AvgIpc) is 2.67. The van der Waals surface area contributed by atoms with E-state index >= 15 is 0 Å². The summed E-state index contributed by atoms with van der Waals surface area (Å²) < 4.78 is 1.88. The molecule has 0 bridgehead atoms. The summed E-state index contributed by atoms with van der Waals surface area (Å²) in [7, 11) is 0. The summed E-state index contributed by atoms with van der Waals surface area (Å²) in [6, 6.07) is 7.54. The molecule has 0 saturated heterocycles. The number of aryl methyl sites for hydroxylation is 1. The van der Waals surface area contributed by atoms with Crippen LogP contribution in [0.3, 0.4) is 0 Å². The molecule has 0 unspecified atom stereocenters. The van der Waals surface area contributed by atoms with Crippen molar-refractivity contribution in [2.24, 2.45) is 5.92 Å². The van der Waals surface area contributed by atoms with E-state index in [1.54, 1.807) is 0 Å². The number of carbonyl (C=O) groups excluding carboxylic acids is 1. The van der Waals surface area contributed by atoms with Crippen LogP contribution in [0.15, 0.2) is 24.3 Å². The minimum atomic E-state index is 0.214. The largest absolute Gasteiger partial charge is 0.294 e. The number of halogens is 1. The van der Waals surface area contributed by atoms with Crippen molar-refractivity contribution in [1.82, 2.24) is 9.78 Å². The molecule has 19 heavy (non-hydrogen) atoms. The van der Waals surface area contributed by atoms with Gasteiger partial charge in [0.05, 0.1) is 22.6 Å². The molecule has 0 saturated carbocycles. The number of rotatable bonds is 1. The highest BCUT2D eigenvalue weighted by molar-refractivity contribution is 6.30. The first-order valence-corrected chi connectivity index (χ1v) is 6.81. The van der Waals surface area contributed by atoms with Crippen molar-refractivity contribution in [3.63, 3.8) is 0 Å². The quantitative estimate of drug-likeness (QED) is 0.796. The second kappa shape index (κ2) is 4.49. The summed E-state index contributed by atoms with van der Waals surface area (Å²) in [5, 5.41) is 5.23. The van der Waals surface area contributed by atoms with E-state index in [1.807, 2.05) is 35.9 Å². The first kappa shape index (κ1) is 12.4. The van der Waals surface area contributed by atoms with E-state index < -0.39 is 0 Å². The Kier molecular flexibility index (Phi) is 2.94. The normalized spacial score (nSPS) is 18.5. The van der Waals surface area contributed by atoms with Crippen LogP contribution in [0.2, 0.25) is 5.02 Å². The van der Waals surface area contributed by atoms with Gasteiger partial charge in [-0.25, -0.2) is 4.68 Å². The number of hydrogen-bond acceptors (Lipinski definition) is 2. The second-order valence-electron chi connectivity index (χ2n) is 5.23. The van der Waals surface area contributed by atoms with Gasteiger partial charge in [0.15, 0.2) is 5.78 Å². The number of aromatic nitrogens is 2. The molecule has 0 N–H and O–H groups in total. The maximum atomic E-state index is 12.1. The molecule has 0 radical (unpaired) electrons. The Morgan fingerprint density at radius 3 is 2.63 bits per heavy atom. The summed E-state index contributed by atoms with van der Waals surface area (Å²) in [5.74, 6) is 0.591. The maximum Gasteiger partial charge on any atom is 0.166 e. The minimum Gasteiger partial charge on any atom is -0.294 e. The van der Waals surface area contributed by atoms with Gasteiger partial charge in [-0.05, 0) is 43.5 Å². The van der Waals surface area contributed by atoms with Gasteiger partial charge in [-0.1, -0.05) is 18.5 Å². The molecule has 98 valence electrons. The molecule has 1 aromatic heterocycles. The first-order chi connectivity index (χ1) is 9.06. The van der Waals surface area contributed by atoms with E-state index in [0.717, 1.165) is 29.1 Å². The topological polar surface area (TPSA) is 34.9 Å². The van der Waals surface area contributed by atoms with Crippen molar-refractivity contribution < 1.29 is 4.79 Å². The molecule has 4 heteroatoms. The predicted molar refractivity (Wildman–Crippen MR) is 75.1 cm³/mol. The molecule has 3 nitrogen and oxygen atoms in total. The molecule has 0 aliphatic heterocycles. The number of carbonyl (C=O) groups is 1. The summed E-state index contributed by atoms with van der Waals surface area (Å²) in [6.45, 7) is 4.01. The van der Waals surface area contributed by atoms with Crippen LogP contribution in [0.1, 0.15) is 35.1 Å². The Labute approximate surface area is 117 Å². The number of benzene rings is 1. The van der Waals surface area contributed by atoms with Gasteiger partial charge in [0, 0.05) is 11.4 Å². The molecular formula is C15H15ClN2O. The molecule has 0 spiro atoms. The van der Waals surface area contributed by atoms with Crippen LogP contribution in [0.4, 0.5) is 0 Å². The number of hydrogen-bond donors (Lipinski definition) is 0. The smallest absolute Gasteiger partial charge is 0.166 e. The third-order valence-corrected chi connectivity index (χ3v) is 3.83. The molecule has 0 fully saturated rings. The van der Waals surface area contributed by atoms with E-state index in [1.165, 1.54) is 0 Å². The van der Waals surface area contributed by atoms with Crippen LogP contribution in [0.25, 0.3) is 5.69 Å². The van der Waals surface area contributed by atoms with Crippen LogP contribution in [0, 0.1) is 12.8 Å². The Balaban J connectivity index is 2.16. The molecule has 1 atom stereocenters. The van der Waals surface area contributed by atoms with Gasteiger partial charge >= 0.3 is 0 Å². The van der Waals surface area contributed by atoms with Crippen molar-refractivity contribution in [3.05, 3.63) is 46.2 Å². The van der Waals surface area contributed by atoms with Gasteiger partial charge in [0.25, 0.3) is 0 Å². The van der Waals surface area contributed by atoms with Gasteiger partial charge in [-0.2, -0.15) is 5.10 Å². The number of fused-ring (bicyclic) bond motifs is 1. The van der Waals surface area contributed by atoms with Crippen LogP contribution in [0.5, 0.6) is 0 Å². The lowest BCUT2D eigenvalue weighted by Crippen LogP contribution is -2.19. The monoisotopic (exact) mass is 274 g/mol. The average molecular weight is 275 g/mol. The van der Waals surface area contributed by atoms with Crippen molar-refractivity contribution in [3.8, 4) is 5.69 Å². The zero-order valence-corrected chi connectivity index (χ0v) is 11.7. The first-order valence-electron chi connectivity index (χ1n) is 6.44. The molecule has 1 aromatic carbocycles. The molecule has 1 heterocycles. The number of ketones is 1. The SMILES string of the molecule is Cc1nn(-c2ccc(Cl)cc2)c2c1C(=O)C[C@@H](C)C2. The highest BCUT2D eigenvalue weighted by atomic mass is 35.5. The predicted octanol–water partition coefficient (Wildman–Crippen LogP) is 3.60. The molecule has 0 amide bonds. The lowest BCUT2D eigenvalue weighted by Gasteiger charge is -2.19. The van der Waals surface area contributed by atoms with Crippen LogP contribution < -0.4 is 0 Å². The zero-order chi connectivity index (χ0) is 13.6. The molecule has 1 aliphatic carbocycles.